The van der Waals surface area contributed by atoms with Crippen molar-refractivity contribution in [3.05, 3.63) is 117 Å². The van der Waals surface area contributed by atoms with Gasteiger partial charge in [0.15, 0.2) is 11.6 Å². The van der Waals surface area contributed by atoms with E-state index in [0.717, 1.165) is 95.9 Å². The predicted octanol–water partition coefficient (Wildman–Crippen LogP) is 7.93. The zero-order valence-corrected chi connectivity index (χ0v) is 29.5. The lowest BCUT2D eigenvalue weighted by Gasteiger charge is -2.60. The van der Waals surface area contributed by atoms with Crippen LogP contribution in [0.4, 0.5) is 0 Å². The van der Waals surface area contributed by atoms with Gasteiger partial charge in [-0.25, -0.2) is 0 Å². The van der Waals surface area contributed by atoms with Crippen molar-refractivity contribution < 1.29 is 18.9 Å². The molecule has 2 saturated heterocycles. The molecule has 8 bridgehead atoms. The highest BCUT2D eigenvalue weighted by Crippen LogP contribution is 2.70. The van der Waals surface area contributed by atoms with Crippen LogP contribution in [0.15, 0.2) is 95.1 Å². The summed E-state index contributed by atoms with van der Waals surface area (Å²) in [6.07, 6.45) is 20.0. The monoisotopic (exact) mass is 680 g/mol. The number of benzene rings is 2. The van der Waals surface area contributed by atoms with E-state index in [9.17, 15) is 0 Å². The highest BCUT2D eigenvalue weighted by Gasteiger charge is 2.70. The molecule has 0 unspecified atom stereocenters. The van der Waals surface area contributed by atoms with Crippen LogP contribution < -0.4 is 0 Å². The van der Waals surface area contributed by atoms with Crippen LogP contribution >= 0.6 is 0 Å². The molecule has 4 fully saturated rings. The molecule has 4 nitrogen and oxygen atoms in total. The van der Waals surface area contributed by atoms with Gasteiger partial charge in [-0.15, -0.1) is 0 Å². The fourth-order valence-electron chi connectivity index (χ4n) is 10.3. The van der Waals surface area contributed by atoms with E-state index >= 15 is 0 Å². The van der Waals surface area contributed by atoms with Crippen LogP contribution in [0.1, 0.15) is 86.5 Å². The fraction of sp³-hybridized carbons (Fsp3) is 0.417. The summed E-state index contributed by atoms with van der Waals surface area (Å²) in [6.45, 7) is 2.23. The van der Waals surface area contributed by atoms with E-state index in [0.29, 0.717) is 26.4 Å². The SMILES string of the molecule is C1#Cc2ccccc2C#CC2=C[C@@]34COC5(CCCCC5)OC[C@@]23C=C4C#Cc2ccccc2C#CC2=C[C@@]34COC5(CCCCC5)OC[C@@]23C=C14. The van der Waals surface area contributed by atoms with Gasteiger partial charge in [-0.1, -0.05) is 109 Å². The maximum Gasteiger partial charge on any atom is 0.168 e. The predicted molar refractivity (Wildman–Crippen MR) is 198 cm³/mol. The summed E-state index contributed by atoms with van der Waals surface area (Å²) in [5.41, 5.74) is 6.70. The van der Waals surface area contributed by atoms with Crippen molar-refractivity contribution in [2.45, 2.75) is 75.8 Å². The molecular weight excluding hydrogens is 641 g/mol. The molecule has 0 amide bonds. The zero-order valence-electron chi connectivity index (χ0n) is 29.5. The van der Waals surface area contributed by atoms with Gasteiger partial charge in [0.2, 0.25) is 0 Å². The second-order valence-electron chi connectivity index (χ2n) is 16.3. The second-order valence-corrected chi connectivity index (χ2v) is 16.3. The Morgan fingerprint density at radius 3 is 0.885 bits per heavy atom. The average molecular weight is 681 g/mol. The van der Waals surface area contributed by atoms with Crippen LogP contribution in [0.5, 0.6) is 0 Å². The third kappa shape index (κ3) is 4.14. The molecule has 0 aromatic heterocycles. The fourth-order valence-corrected chi connectivity index (χ4v) is 10.3. The third-order valence-electron chi connectivity index (χ3n) is 13.7. The quantitative estimate of drug-likeness (QED) is 0.265. The van der Waals surface area contributed by atoms with Gasteiger partial charge in [-0.3, -0.25) is 0 Å². The minimum Gasteiger partial charge on any atom is -0.349 e. The summed E-state index contributed by atoms with van der Waals surface area (Å²) in [4.78, 5) is 0. The van der Waals surface area contributed by atoms with Crippen molar-refractivity contribution in [2.75, 3.05) is 26.4 Å². The number of hydrogen-bond donors (Lipinski definition) is 0. The van der Waals surface area contributed by atoms with Crippen molar-refractivity contribution in [3.8, 4) is 47.4 Å². The average Bonchev–Trinajstić information content (AvgIpc) is 3.25. The first-order valence-corrected chi connectivity index (χ1v) is 19.3. The maximum absolute atomic E-state index is 6.75. The third-order valence-corrected chi connectivity index (χ3v) is 13.7. The van der Waals surface area contributed by atoms with E-state index < -0.39 is 11.6 Å². The van der Waals surface area contributed by atoms with Gasteiger partial charge in [0.25, 0.3) is 0 Å². The van der Waals surface area contributed by atoms with Crippen LogP contribution in [0.25, 0.3) is 0 Å². The molecule has 10 aliphatic rings. The van der Waals surface area contributed by atoms with E-state index in [1.807, 2.05) is 24.3 Å². The Bertz CT molecular complexity index is 2020. The molecule has 0 radical (unpaired) electrons. The molecule has 0 N–H and O–H groups in total. The Balaban J connectivity index is 1.02. The largest absolute Gasteiger partial charge is 0.349 e. The number of ether oxygens (including phenoxy) is 4. The molecule has 2 saturated carbocycles. The van der Waals surface area contributed by atoms with Gasteiger partial charge in [0.1, 0.15) is 0 Å². The molecule has 256 valence electrons. The zero-order chi connectivity index (χ0) is 34.5. The Labute approximate surface area is 306 Å². The van der Waals surface area contributed by atoms with Crippen LogP contribution in [0, 0.1) is 69.0 Å². The molecule has 8 aliphatic carbocycles. The van der Waals surface area contributed by atoms with E-state index in [1.54, 1.807) is 0 Å². The van der Waals surface area contributed by atoms with Crippen LogP contribution in [-0.2, 0) is 18.9 Å². The Kier molecular flexibility index (Phi) is 6.57. The van der Waals surface area contributed by atoms with E-state index in [4.69, 9.17) is 18.9 Å². The van der Waals surface area contributed by atoms with Gasteiger partial charge < -0.3 is 18.9 Å². The molecule has 2 aromatic carbocycles. The van der Waals surface area contributed by atoms with Gasteiger partial charge in [0, 0.05) is 70.2 Å². The molecule has 4 heteroatoms. The standard InChI is InChI=1S/C48H40O4/c1-7-23-47(24-8-1)49-31-43-28-40-20-16-36-12-4-6-14-38(36)18-22-42-30-45-33-51-48(25-9-2-10-26-48)52-34-46(42,45)29-41(45)21-17-37-13-5-3-11-35(37)15-19-39(43)27-44(40,43)32-50-47/h3-6,11-14,27-30H,1-2,7-10,23-26,31-34H2/t43-,44-,45-,46-/m0/s1. The number of hydrogen-bond acceptors (Lipinski definition) is 4. The summed E-state index contributed by atoms with van der Waals surface area (Å²) in [7, 11) is 0. The lowest BCUT2D eigenvalue weighted by atomic mass is 9.41. The molecule has 6 spiro atoms. The van der Waals surface area contributed by atoms with Crippen molar-refractivity contribution in [1.29, 1.82) is 0 Å². The smallest absolute Gasteiger partial charge is 0.168 e. The summed E-state index contributed by atoms with van der Waals surface area (Å²) < 4.78 is 27.0. The number of rotatable bonds is 0. The minimum atomic E-state index is -0.512. The van der Waals surface area contributed by atoms with Crippen LogP contribution in [-0.4, -0.2) is 38.0 Å². The normalized spacial score (nSPS) is 34.6. The molecule has 52 heavy (non-hydrogen) atoms. The van der Waals surface area contributed by atoms with Gasteiger partial charge in [-0.05, 0) is 49.9 Å². The van der Waals surface area contributed by atoms with Crippen molar-refractivity contribution >= 4 is 0 Å². The first-order chi connectivity index (χ1) is 25.5. The first-order valence-electron chi connectivity index (χ1n) is 19.3. The van der Waals surface area contributed by atoms with E-state index in [2.05, 4.69) is 95.9 Å². The molecule has 2 aromatic rings. The highest BCUT2D eigenvalue weighted by atomic mass is 16.7. The topological polar surface area (TPSA) is 36.9 Å². The lowest BCUT2D eigenvalue weighted by molar-refractivity contribution is -0.244. The molecule has 12 rings (SSSR count). The molecule has 2 aliphatic heterocycles. The van der Waals surface area contributed by atoms with Crippen molar-refractivity contribution in [2.24, 2.45) is 21.7 Å². The van der Waals surface area contributed by atoms with Gasteiger partial charge >= 0.3 is 0 Å². The highest BCUT2D eigenvalue weighted by molar-refractivity contribution is 5.72. The van der Waals surface area contributed by atoms with E-state index in [1.165, 1.54) is 12.8 Å². The van der Waals surface area contributed by atoms with Crippen LogP contribution in [0.3, 0.4) is 0 Å². The Hall–Kier alpha value is -4.52. The van der Waals surface area contributed by atoms with Crippen LogP contribution in [0.2, 0.25) is 0 Å². The summed E-state index contributed by atoms with van der Waals surface area (Å²) >= 11 is 0. The minimum absolute atomic E-state index is 0.337. The summed E-state index contributed by atoms with van der Waals surface area (Å²) in [5, 5.41) is 0. The molecular formula is C48H40O4. The Morgan fingerprint density at radius 2 is 0.615 bits per heavy atom. The van der Waals surface area contributed by atoms with Gasteiger partial charge in [0.05, 0.1) is 48.1 Å². The second kappa shape index (κ2) is 11.0. The Morgan fingerprint density at radius 1 is 0.346 bits per heavy atom. The summed E-state index contributed by atoms with van der Waals surface area (Å²) in [5.74, 6) is 27.5. The van der Waals surface area contributed by atoms with Crippen molar-refractivity contribution in [1.82, 2.24) is 0 Å². The first kappa shape index (κ1) is 31.0. The maximum atomic E-state index is 6.75. The van der Waals surface area contributed by atoms with Crippen molar-refractivity contribution in [3.63, 3.8) is 0 Å². The molecule has 2 heterocycles. The lowest BCUT2D eigenvalue weighted by Crippen LogP contribution is -2.59. The summed E-state index contributed by atoms with van der Waals surface area (Å²) in [6, 6.07) is 16.5. The van der Waals surface area contributed by atoms with E-state index in [-0.39, 0.29) is 21.7 Å². The van der Waals surface area contributed by atoms with Gasteiger partial charge in [-0.2, -0.15) is 0 Å². The molecule has 4 atom stereocenters.